The van der Waals surface area contributed by atoms with Crippen LogP contribution in [-0.2, 0) is 0 Å². The van der Waals surface area contributed by atoms with Gasteiger partial charge in [0.25, 0.3) is 0 Å². The molecule has 1 heteroatoms. The van der Waals surface area contributed by atoms with Gasteiger partial charge < -0.3 is 5.73 Å². The van der Waals surface area contributed by atoms with Gasteiger partial charge in [0, 0.05) is 5.70 Å². The minimum atomic E-state index is 0.935. The molecule has 0 saturated heterocycles. The molecule has 0 bridgehead atoms. The van der Waals surface area contributed by atoms with Gasteiger partial charge in [0.15, 0.2) is 0 Å². The maximum absolute atomic E-state index is 5.59. The van der Waals surface area contributed by atoms with E-state index < -0.39 is 0 Å². The Morgan fingerprint density at radius 3 is 2.56 bits per heavy atom. The monoisotopic (exact) mass is 125 g/mol. The molecule has 0 amide bonds. The van der Waals surface area contributed by atoms with E-state index in [1.807, 2.05) is 13.0 Å². The Hall–Kier alpha value is -0.720. The molecule has 2 N–H and O–H groups in total. The summed E-state index contributed by atoms with van der Waals surface area (Å²) in [6.07, 6.45) is 4.01. The Morgan fingerprint density at radius 2 is 2.22 bits per heavy atom. The molecule has 0 aliphatic heterocycles. The summed E-state index contributed by atoms with van der Waals surface area (Å²) < 4.78 is 0. The van der Waals surface area contributed by atoms with Gasteiger partial charge in [-0.2, -0.15) is 0 Å². The highest BCUT2D eigenvalue weighted by Crippen LogP contribution is 2.00. The molecule has 0 atom stereocenters. The third-order valence-corrected chi connectivity index (χ3v) is 0.970. The van der Waals surface area contributed by atoms with Crippen molar-refractivity contribution in [1.82, 2.24) is 0 Å². The second-order valence-electron chi connectivity index (χ2n) is 2.32. The van der Waals surface area contributed by atoms with E-state index >= 15 is 0 Å². The van der Waals surface area contributed by atoms with Crippen molar-refractivity contribution < 1.29 is 0 Å². The van der Waals surface area contributed by atoms with Crippen LogP contribution in [0, 0.1) is 0 Å². The average molecular weight is 125 g/mol. The molecule has 0 unspecified atom stereocenters. The first-order chi connectivity index (χ1) is 4.16. The lowest BCUT2D eigenvalue weighted by Gasteiger charge is -1.95. The standard InChI is InChI=1S/C8H15N/c1-4-5-8(9)6-7(2)3/h6H,2,4-5,9H2,1,3H3/b8-6+. The van der Waals surface area contributed by atoms with Gasteiger partial charge in [0.2, 0.25) is 0 Å². The van der Waals surface area contributed by atoms with Crippen LogP contribution in [0.2, 0.25) is 0 Å². The summed E-state index contributed by atoms with van der Waals surface area (Å²) in [6.45, 7) is 7.78. The third kappa shape index (κ3) is 5.15. The van der Waals surface area contributed by atoms with Crippen LogP contribution in [0.15, 0.2) is 23.9 Å². The molecule has 0 saturated carbocycles. The van der Waals surface area contributed by atoms with Crippen LogP contribution in [0.4, 0.5) is 0 Å². The highest BCUT2D eigenvalue weighted by molar-refractivity contribution is 5.16. The summed E-state index contributed by atoms with van der Waals surface area (Å²) in [4.78, 5) is 0. The Morgan fingerprint density at radius 1 is 1.67 bits per heavy atom. The molecule has 52 valence electrons. The van der Waals surface area contributed by atoms with E-state index in [9.17, 15) is 0 Å². The minimum Gasteiger partial charge on any atom is -0.402 e. The van der Waals surface area contributed by atoms with E-state index in [4.69, 9.17) is 5.73 Å². The molecule has 9 heavy (non-hydrogen) atoms. The van der Waals surface area contributed by atoms with Gasteiger partial charge in [-0.3, -0.25) is 0 Å². The quantitative estimate of drug-likeness (QED) is 0.575. The van der Waals surface area contributed by atoms with Crippen molar-refractivity contribution in [2.45, 2.75) is 26.7 Å². The first kappa shape index (κ1) is 8.28. The van der Waals surface area contributed by atoms with Crippen LogP contribution in [0.3, 0.4) is 0 Å². The lowest BCUT2D eigenvalue weighted by Crippen LogP contribution is -1.95. The maximum atomic E-state index is 5.59. The normalized spacial score (nSPS) is 11.6. The molecule has 1 nitrogen and oxygen atoms in total. The number of hydrogen-bond acceptors (Lipinski definition) is 1. The molecule has 0 heterocycles. The molecule has 0 aromatic carbocycles. The summed E-state index contributed by atoms with van der Waals surface area (Å²) in [5.74, 6) is 0. The highest BCUT2D eigenvalue weighted by Gasteiger charge is 1.85. The highest BCUT2D eigenvalue weighted by atomic mass is 14.6. The van der Waals surface area contributed by atoms with E-state index in [1.54, 1.807) is 0 Å². The van der Waals surface area contributed by atoms with Crippen LogP contribution >= 0.6 is 0 Å². The van der Waals surface area contributed by atoms with Gasteiger partial charge in [-0.25, -0.2) is 0 Å². The van der Waals surface area contributed by atoms with E-state index in [0.717, 1.165) is 24.1 Å². The smallest absolute Gasteiger partial charge is 0.00828 e. The Bertz CT molecular complexity index is 123. The van der Waals surface area contributed by atoms with Crippen LogP contribution in [0.25, 0.3) is 0 Å². The topological polar surface area (TPSA) is 26.0 Å². The van der Waals surface area contributed by atoms with Crippen LogP contribution in [-0.4, -0.2) is 0 Å². The molecule has 0 radical (unpaired) electrons. The maximum Gasteiger partial charge on any atom is 0.00828 e. The zero-order valence-electron chi connectivity index (χ0n) is 6.28. The summed E-state index contributed by atoms with van der Waals surface area (Å²) in [6, 6.07) is 0. The molecule has 0 aliphatic carbocycles. The molecular formula is C8H15N. The fraction of sp³-hybridized carbons (Fsp3) is 0.500. The molecular weight excluding hydrogens is 110 g/mol. The molecule has 0 rings (SSSR count). The second-order valence-corrected chi connectivity index (χ2v) is 2.32. The van der Waals surface area contributed by atoms with Crippen molar-refractivity contribution in [2.75, 3.05) is 0 Å². The van der Waals surface area contributed by atoms with Gasteiger partial charge in [-0.15, -0.1) is 0 Å². The van der Waals surface area contributed by atoms with E-state index in [0.29, 0.717) is 0 Å². The van der Waals surface area contributed by atoms with Crippen molar-refractivity contribution in [1.29, 1.82) is 0 Å². The van der Waals surface area contributed by atoms with Crippen molar-refractivity contribution in [2.24, 2.45) is 5.73 Å². The van der Waals surface area contributed by atoms with Crippen LogP contribution < -0.4 is 5.73 Å². The number of rotatable bonds is 3. The first-order valence-electron chi connectivity index (χ1n) is 3.28. The fourth-order valence-electron chi connectivity index (χ4n) is 0.677. The summed E-state index contributed by atoms with van der Waals surface area (Å²) in [5, 5.41) is 0. The van der Waals surface area contributed by atoms with Crippen LogP contribution in [0.1, 0.15) is 26.7 Å². The van der Waals surface area contributed by atoms with Crippen LogP contribution in [0.5, 0.6) is 0 Å². The molecule has 0 spiro atoms. The van der Waals surface area contributed by atoms with Gasteiger partial charge in [-0.1, -0.05) is 25.5 Å². The first-order valence-corrected chi connectivity index (χ1v) is 3.28. The number of hydrogen-bond donors (Lipinski definition) is 1. The average Bonchev–Trinajstić information content (AvgIpc) is 1.63. The predicted molar refractivity (Wildman–Crippen MR) is 42.0 cm³/mol. The Kier molecular flexibility index (Phi) is 3.85. The zero-order chi connectivity index (χ0) is 7.28. The Labute approximate surface area is 57.3 Å². The predicted octanol–water partition coefficient (Wildman–Crippen LogP) is 2.21. The minimum absolute atomic E-state index is 0.935. The summed E-state index contributed by atoms with van der Waals surface area (Å²) in [7, 11) is 0. The van der Waals surface area contributed by atoms with Gasteiger partial charge in [-0.05, 0) is 19.4 Å². The molecule has 0 aromatic rings. The van der Waals surface area contributed by atoms with Gasteiger partial charge in [0.1, 0.15) is 0 Å². The van der Waals surface area contributed by atoms with Gasteiger partial charge in [0.05, 0.1) is 0 Å². The van der Waals surface area contributed by atoms with E-state index in [2.05, 4.69) is 13.5 Å². The van der Waals surface area contributed by atoms with Gasteiger partial charge >= 0.3 is 0 Å². The molecule has 0 aliphatic rings. The number of allylic oxidation sites excluding steroid dienone is 3. The lowest BCUT2D eigenvalue weighted by atomic mass is 10.2. The van der Waals surface area contributed by atoms with Crippen molar-refractivity contribution in [3.63, 3.8) is 0 Å². The van der Waals surface area contributed by atoms with Crippen molar-refractivity contribution in [3.8, 4) is 0 Å². The third-order valence-electron chi connectivity index (χ3n) is 0.970. The molecule has 0 fully saturated rings. The van der Waals surface area contributed by atoms with E-state index in [1.165, 1.54) is 0 Å². The lowest BCUT2D eigenvalue weighted by molar-refractivity contribution is 0.891. The zero-order valence-corrected chi connectivity index (χ0v) is 6.28. The van der Waals surface area contributed by atoms with Crippen molar-refractivity contribution in [3.05, 3.63) is 23.9 Å². The summed E-state index contributed by atoms with van der Waals surface area (Å²) >= 11 is 0. The Balaban J connectivity index is 3.69. The largest absolute Gasteiger partial charge is 0.402 e. The number of nitrogens with two attached hydrogens (primary N) is 1. The SMILES string of the molecule is C=C(C)/C=C(/N)CCC. The molecule has 0 aromatic heterocycles. The second kappa shape index (κ2) is 4.19. The van der Waals surface area contributed by atoms with E-state index in [-0.39, 0.29) is 0 Å². The summed E-state index contributed by atoms with van der Waals surface area (Å²) in [5.41, 5.74) is 7.55. The fourth-order valence-corrected chi connectivity index (χ4v) is 0.677. The van der Waals surface area contributed by atoms with Crippen molar-refractivity contribution >= 4 is 0 Å².